The fourth-order valence-corrected chi connectivity index (χ4v) is 5.98. The Morgan fingerprint density at radius 2 is 1.68 bits per heavy atom. The van der Waals surface area contributed by atoms with Crippen molar-refractivity contribution in [3.63, 3.8) is 0 Å². The number of hydrogen-bond donors (Lipinski definition) is 1. The van der Waals surface area contributed by atoms with Crippen LogP contribution in [-0.4, -0.2) is 58.5 Å². The molecule has 0 saturated carbocycles. The molecule has 40 heavy (non-hydrogen) atoms. The van der Waals surface area contributed by atoms with Gasteiger partial charge in [-0.15, -0.1) is 0 Å². The molecule has 12 heteroatoms. The van der Waals surface area contributed by atoms with Crippen LogP contribution in [0.1, 0.15) is 19.4 Å². The molecule has 0 aliphatic carbocycles. The van der Waals surface area contributed by atoms with Crippen molar-refractivity contribution in [2.75, 3.05) is 31.6 Å². The smallest absolute Gasteiger partial charge is 0.264 e. The minimum atomic E-state index is -4.29. The van der Waals surface area contributed by atoms with Crippen molar-refractivity contribution in [1.29, 1.82) is 0 Å². The van der Waals surface area contributed by atoms with Crippen LogP contribution < -0.4 is 19.1 Å². The first-order valence-electron chi connectivity index (χ1n) is 12.3. The molecule has 0 bridgehead atoms. The van der Waals surface area contributed by atoms with Gasteiger partial charge in [0.05, 0.1) is 24.8 Å². The predicted octanol–water partition coefficient (Wildman–Crippen LogP) is 4.87. The SMILES string of the molecule is CCNC(=O)C(C)N(Cc1cccc(Br)c1)C(=O)CN(c1ccc(Cl)cc1)S(=O)(=O)c1ccc(OC)c(OC)c1. The lowest BCUT2D eigenvalue weighted by molar-refractivity contribution is -0.139. The van der Waals surface area contributed by atoms with E-state index in [0.29, 0.717) is 17.3 Å². The summed E-state index contributed by atoms with van der Waals surface area (Å²) in [4.78, 5) is 27.9. The first kappa shape index (κ1) is 31.3. The molecule has 0 aliphatic heterocycles. The van der Waals surface area contributed by atoms with Crippen LogP contribution in [0.15, 0.2) is 76.1 Å². The second-order valence-electron chi connectivity index (χ2n) is 8.73. The topological polar surface area (TPSA) is 105 Å². The van der Waals surface area contributed by atoms with E-state index < -0.39 is 28.5 Å². The number of methoxy groups -OCH3 is 2. The number of benzene rings is 3. The van der Waals surface area contributed by atoms with E-state index in [1.807, 2.05) is 24.3 Å². The van der Waals surface area contributed by atoms with Crippen molar-refractivity contribution in [3.05, 3.63) is 81.8 Å². The first-order valence-corrected chi connectivity index (χ1v) is 14.9. The number of anilines is 1. The Labute approximate surface area is 248 Å². The average Bonchev–Trinajstić information content (AvgIpc) is 2.94. The highest BCUT2D eigenvalue weighted by atomic mass is 79.9. The molecular formula is C28H31BrClN3O6S. The number of hydrogen-bond acceptors (Lipinski definition) is 6. The van der Waals surface area contributed by atoms with Gasteiger partial charge in [0.15, 0.2) is 11.5 Å². The fraction of sp³-hybridized carbons (Fsp3) is 0.286. The Bertz CT molecular complexity index is 1450. The first-order chi connectivity index (χ1) is 19.0. The van der Waals surface area contributed by atoms with Gasteiger partial charge in [0.2, 0.25) is 11.8 Å². The van der Waals surface area contributed by atoms with Crippen LogP contribution >= 0.6 is 27.5 Å². The van der Waals surface area contributed by atoms with E-state index in [-0.39, 0.29) is 28.8 Å². The number of sulfonamides is 1. The van der Waals surface area contributed by atoms with Gasteiger partial charge >= 0.3 is 0 Å². The molecule has 3 aromatic carbocycles. The summed E-state index contributed by atoms with van der Waals surface area (Å²) in [5, 5.41) is 3.14. The van der Waals surface area contributed by atoms with Crippen molar-refractivity contribution < 1.29 is 27.5 Å². The summed E-state index contributed by atoms with van der Waals surface area (Å²) in [6.45, 7) is 3.28. The Hall–Kier alpha value is -3.28. The summed E-state index contributed by atoms with van der Waals surface area (Å²) < 4.78 is 40.3. The highest BCUT2D eigenvalue weighted by Gasteiger charge is 2.33. The molecule has 0 radical (unpaired) electrons. The van der Waals surface area contributed by atoms with Crippen LogP contribution in [0.2, 0.25) is 5.02 Å². The van der Waals surface area contributed by atoms with E-state index in [0.717, 1.165) is 14.3 Å². The minimum Gasteiger partial charge on any atom is -0.493 e. The maximum absolute atomic E-state index is 14.0. The molecule has 0 saturated heterocycles. The number of rotatable bonds is 12. The van der Waals surface area contributed by atoms with Crippen molar-refractivity contribution in [2.24, 2.45) is 0 Å². The van der Waals surface area contributed by atoms with Gasteiger partial charge < -0.3 is 19.7 Å². The molecule has 1 unspecified atom stereocenters. The Morgan fingerprint density at radius 1 is 1.00 bits per heavy atom. The molecule has 3 aromatic rings. The van der Waals surface area contributed by atoms with E-state index >= 15 is 0 Å². The Kier molecular flexibility index (Phi) is 10.8. The lowest BCUT2D eigenvalue weighted by atomic mass is 10.1. The molecule has 214 valence electrons. The lowest BCUT2D eigenvalue weighted by Crippen LogP contribution is -2.51. The monoisotopic (exact) mass is 651 g/mol. The van der Waals surface area contributed by atoms with E-state index in [2.05, 4.69) is 21.2 Å². The maximum atomic E-state index is 14.0. The van der Waals surface area contributed by atoms with Crippen molar-refractivity contribution >= 4 is 55.1 Å². The molecule has 1 N–H and O–H groups in total. The second kappa shape index (κ2) is 13.9. The molecule has 0 fully saturated rings. The molecular weight excluding hydrogens is 622 g/mol. The zero-order valence-electron chi connectivity index (χ0n) is 22.6. The van der Waals surface area contributed by atoms with Crippen molar-refractivity contribution in [2.45, 2.75) is 31.3 Å². The predicted molar refractivity (Wildman–Crippen MR) is 158 cm³/mol. The van der Waals surface area contributed by atoms with Crippen molar-refractivity contribution in [1.82, 2.24) is 10.2 Å². The Balaban J connectivity index is 2.07. The molecule has 1 atom stereocenters. The van der Waals surface area contributed by atoms with Gasteiger partial charge in [-0.25, -0.2) is 8.42 Å². The molecule has 9 nitrogen and oxygen atoms in total. The molecule has 3 rings (SSSR count). The molecule has 0 aromatic heterocycles. The van der Waals surface area contributed by atoms with E-state index in [1.165, 1.54) is 61.6 Å². The van der Waals surface area contributed by atoms with Gasteiger partial charge in [0.25, 0.3) is 10.0 Å². The van der Waals surface area contributed by atoms with Crippen LogP contribution in [0.3, 0.4) is 0 Å². The lowest BCUT2D eigenvalue weighted by Gasteiger charge is -2.32. The van der Waals surface area contributed by atoms with E-state index in [9.17, 15) is 18.0 Å². The summed E-state index contributed by atoms with van der Waals surface area (Å²) >= 11 is 9.49. The largest absolute Gasteiger partial charge is 0.493 e. The number of carbonyl (C=O) groups is 2. The zero-order chi connectivity index (χ0) is 29.4. The third-order valence-electron chi connectivity index (χ3n) is 6.10. The highest BCUT2D eigenvalue weighted by molar-refractivity contribution is 9.10. The van der Waals surface area contributed by atoms with Crippen LogP contribution in [0.5, 0.6) is 11.5 Å². The second-order valence-corrected chi connectivity index (χ2v) is 11.9. The zero-order valence-corrected chi connectivity index (χ0v) is 25.7. The molecule has 0 spiro atoms. The summed E-state index contributed by atoms with van der Waals surface area (Å²) in [6, 6.07) is 16.7. The molecule has 2 amide bonds. The van der Waals surface area contributed by atoms with E-state index in [4.69, 9.17) is 21.1 Å². The van der Waals surface area contributed by atoms with Crippen molar-refractivity contribution in [3.8, 4) is 11.5 Å². The minimum absolute atomic E-state index is 0.0848. The number of amides is 2. The summed E-state index contributed by atoms with van der Waals surface area (Å²) in [5.74, 6) is -0.358. The summed E-state index contributed by atoms with van der Waals surface area (Å²) in [7, 11) is -1.44. The standard InChI is InChI=1S/C28H31BrClN3O6S/c1-5-31-28(35)19(2)32(17-20-7-6-8-21(29)15-20)27(34)18-33(23-11-9-22(30)10-12-23)40(36,37)24-13-14-25(38-3)26(16-24)39-4/h6-16,19H,5,17-18H2,1-4H3,(H,31,35). The normalized spacial score (nSPS) is 11.8. The van der Waals surface area contributed by atoms with E-state index in [1.54, 1.807) is 13.8 Å². The summed E-state index contributed by atoms with van der Waals surface area (Å²) in [6.07, 6.45) is 0. The van der Waals surface area contributed by atoms with Gasteiger partial charge in [0, 0.05) is 28.7 Å². The van der Waals surface area contributed by atoms with Gasteiger partial charge in [0.1, 0.15) is 12.6 Å². The van der Waals surface area contributed by atoms with Gasteiger partial charge in [-0.2, -0.15) is 0 Å². The quantitative estimate of drug-likeness (QED) is 0.300. The Morgan fingerprint density at radius 3 is 2.27 bits per heavy atom. The number of likely N-dealkylation sites (N-methyl/N-ethyl adjacent to an activating group) is 1. The third-order valence-corrected chi connectivity index (χ3v) is 8.61. The molecule has 0 aliphatic rings. The number of nitrogens with zero attached hydrogens (tertiary/aromatic N) is 2. The number of ether oxygens (including phenoxy) is 2. The highest BCUT2D eigenvalue weighted by Crippen LogP contribution is 2.32. The van der Waals surface area contributed by atoms with Crippen LogP contribution in [0.25, 0.3) is 0 Å². The fourth-order valence-electron chi connectivity index (χ4n) is 3.98. The van der Waals surface area contributed by atoms with Gasteiger partial charge in [-0.3, -0.25) is 13.9 Å². The van der Waals surface area contributed by atoms with Crippen LogP contribution in [-0.2, 0) is 26.2 Å². The average molecular weight is 653 g/mol. The number of nitrogens with one attached hydrogen (secondary N) is 1. The summed E-state index contributed by atoms with van der Waals surface area (Å²) in [5.41, 5.74) is 0.986. The molecule has 0 heterocycles. The van der Waals surface area contributed by atoms with Gasteiger partial charge in [-0.1, -0.05) is 39.7 Å². The number of halogens is 2. The number of carbonyl (C=O) groups excluding carboxylic acids is 2. The van der Waals surface area contributed by atoms with Crippen LogP contribution in [0, 0.1) is 0 Å². The van der Waals surface area contributed by atoms with Crippen LogP contribution in [0.4, 0.5) is 5.69 Å². The maximum Gasteiger partial charge on any atom is 0.264 e. The third kappa shape index (κ3) is 7.47. The van der Waals surface area contributed by atoms with Gasteiger partial charge in [-0.05, 0) is 67.9 Å².